The van der Waals surface area contributed by atoms with Crippen LogP contribution in [0.2, 0.25) is 5.02 Å². The van der Waals surface area contributed by atoms with Gasteiger partial charge in [0, 0.05) is 43.6 Å². The molecule has 3 heterocycles. The van der Waals surface area contributed by atoms with E-state index in [1.165, 1.54) is 18.5 Å². The van der Waals surface area contributed by atoms with Crippen molar-refractivity contribution in [3.05, 3.63) is 41.2 Å². The van der Waals surface area contributed by atoms with Gasteiger partial charge in [0.1, 0.15) is 0 Å². The number of aromatic nitrogens is 2. The lowest BCUT2D eigenvalue weighted by Crippen LogP contribution is -2.44. The number of nitrogens with one attached hydrogen (secondary N) is 2. The topological polar surface area (TPSA) is 56.3 Å². The average molecular weight is 401 g/mol. The summed E-state index contributed by atoms with van der Waals surface area (Å²) in [6.07, 6.45) is 6.14. The second kappa shape index (κ2) is 9.07. The highest BCUT2D eigenvalue weighted by Gasteiger charge is 2.16. The molecule has 1 atom stereocenters. The molecule has 1 unspecified atom stereocenters. The lowest BCUT2D eigenvalue weighted by Gasteiger charge is -2.34. The van der Waals surface area contributed by atoms with Crippen LogP contribution in [0.3, 0.4) is 0 Å². The molecule has 4 rings (SSSR count). The van der Waals surface area contributed by atoms with Crippen LogP contribution in [-0.2, 0) is 6.42 Å². The van der Waals surface area contributed by atoms with Crippen molar-refractivity contribution in [1.29, 1.82) is 0 Å². The number of rotatable bonds is 6. The molecular formula is C21H29ClN6. The van der Waals surface area contributed by atoms with Gasteiger partial charge in [-0.2, -0.15) is 0 Å². The number of aryl methyl sites for hydroxylation is 1. The fraction of sp³-hybridized carbons (Fsp3) is 0.524. The maximum atomic E-state index is 6.32. The molecule has 2 fully saturated rings. The molecule has 6 nitrogen and oxygen atoms in total. The third kappa shape index (κ3) is 4.93. The number of hydrogen-bond donors (Lipinski definition) is 2. The summed E-state index contributed by atoms with van der Waals surface area (Å²) < 4.78 is 0. The zero-order valence-corrected chi connectivity index (χ0v) is 17.3. The van der Waals surface area contributed by atoms with E-state index in [2.05, 4.69) is 61.7 Å². The summed E-state index contributed by atoms with van der Waals surface area (Å²) in [6.45, 7) is 5.49. The van der Waals surface area contributed by atoms with Crippen LogP contribution in [0.1, 0.15) is 25.0 Å². The Balaban J connectivity index is 1.37. The molecule has 28 heavy (non-hydrogen) atoms. The van der Waals surface area contributed by atoms with E-state index in [-0.39, 0.29) is 0 Å². The van der Waals surface area contributed by atoms with E-state index in [1.807, 2.05) is 0 Å². The van der Waals surface area contributed by atoms with Crippen LogP contribution in [-0.4, -0.2) is 60.7 Å². The fourth-order valence-electron chi connectivity index (χ4n) is 3.90. The van der Waals surface area contributed by atoms with Crippen LogP contribution in [0.15, 0.2) is 30.5 Å². The lowest BCUT2D eigenvalue weighted by atomic mass is 10.1. The van der Waals surface area contributed by atoms with E-state index in [1.54, 1.807) is 6.20 Å². The van der Waals surface area contributed by atoms with Gasteiger partial charge in [0.2, 0.25) is 5.95 Å². The first-order valence-electron chi connectivity index (χ1n) is 10.2. The SMILES string of the molecule is CN1CCN(c2ccc(Nc3ncc(Cl)c(CCC4CCCN4)n3)cc2)CC1. The van der Waals surface area contributed by atoms with Crippen LogP contribution < -0.4 is 15.5 Å². The van der Waals surface area contributed by atoms with Crippen molar-refractivity contribution < 1.29 is 0 Å². The van der Waals surface area contributed by atoms with Crippen molar-refractivity contribution in [3.63, 3.8) is 0 Å². The summed E-state index contributed by atoms with van der Waals surface area (Å²) in [6, 6.07) is 9.10. The maximum Gasteiger partial charge on any atom is 0.227 e. The molecule has 0 radical (unpaired) electrons. The molecule has 2 aromatic rings. The van der Waals surface area contributed by atoms with Crippen molar-refractivity contribution in [1.82, 2.24) is 20.2 Å². The van der Waals surface area contributed by atoms with Gasteiger partial charge in [0.25, 0.3) is 0 Å². The van der Waals surface area contributed by atoms with Crippen LogP contribution in [0, 0.1) is 0 Å². The third-order valence-corrected chi connectivity index (χ3v) is 6.02. The van der Waals surface area contributed by atoms with Crippen molar-refractivity contribution in [2.24, 2.45) is 0 Å². The van der Waals surface area contributed by atoms with Gasteiger partial charge in [-0.25, -0.2) is 9.97 Å². The highest BCUT2D eigenvalue weighted by Crippen LogP contribution is 2.23. The molecule has 2 N–H and O–H groups in total. The Morgan fingerprint density at radius 3 is 2.68 bits per heavy atom. The zero-order valence-electron chi connectivity index (χ0n) is 16.5. The number of piperazine rings is 1. The van der Waals surface area contributed by atoms with E-state index in [4.69, 9.17) is 11.6 Å². The van der Waals surface area contributed by atoms with E-state index in [0.717, 1.165) is 56.9 Å². The minimum Gasteiger partial charge on any atom is -0.369 e. The van der Waals surface area contributed by atoms with Gasteiger partial charge < -0.3 is 20.4 Å². The molecule has 1 aromatic carbocycles. The first-order chi connectivity index (χ1) is 13.7. The number of likely N-dealkylation sites (N-methyl/N-ethyl adjacent to an activating group) is 1. The van der Waals surface area contributed by atoms with Crippen LogP contribution in [0.25, 0.3) is 0 Å². The molecule has 0 amide bonds. The third-order valence-electron chi connectivity index (χ3n) is 5.70. The highest BCUT2D eigenvalue weighted by molar-refractivity contribution is 6.31. The lowest BCUT2D eigenvalue weighted by molar-refractivity contribution is 0.313. The predicted molar refractivity (Wildman–Crippen MR) is 116 cm³/mol. The zero-order chi connectivity index (χ0) is 19.3. The van der Waals surface area contributed by atoms with E-state index in [9.17, 15) is 0 Å². The van der Waals surface area contributed by atoms with Crippen molar-refractivity contribution in [3.8, 4) is 0 Å². The van der Waals surface area contributed by atoms with Crippen LogP contribution in [0.4, 0.5) is 17.3 Å². The van der Waals surface area contributed by atoms with Crippen molar-refractivity contribution in [2.45, 2.75) is 31.7 Å². The highest BCUT2D eigenvalue weighted by atomic mass is 35.5. The fourth-order valence-corrected chi connectivity index (χ4v) is 4.09. The second-order valence-electron chi connectivity index (χ2n) is 7.78. The average Bonchev–Trinajstić information content (AvgIpc) is 3.23. The minimum atomic E-state index is 0.588. The number of hydrogen-bond acceptors (Lipinski definition) is 6. The van der Waals surface area contributed by atoms with Gasteiger partial charge in [-0.3, -0.25) is 0 Å². The Kier molecular flexibility index (Phi) is 6.29. The smallest absolute Gasteiger partial charge is 0.227 e. The molecule has 0 saturated carbocycles. The Bertz CT molecular complexity index is 767. The van der Waals surface area contributed by atoms with E-state index < -0.39 is 0 Å². The Morgan fingerprint density at radius 1 is 1.18 bits per heavy atom. The second-order valence-corrected chi connectivity index (χ2v) is 8.19. The van der Waals surface area contributed by atoms with Gasteiger partial charge in [0.15, 0.2) is 0 Å². The first kappa shape index (κ1) is 19.4. The summed E-state index contributed by atoms with van der Waals surface area (Å²) in [5, 5.41) is 7.49. The van der Waals surface area contributed by atoms with Crippen LogP contribution in [0.5, 0.6) is 0 Å². The monoisotopic (exact) mass is 400 g/mol. The standard InChI is InChI=1S/C21H29ClN6/c1-27-11-13-28(14-12-27)18-7-4-17(5-8-18)25-21-24-15-19(22)20(26-21)9-6-16-3-2-10-23-16/h4-5,7-8,15-16,23H,2-3,6,9-14H2,1H3,(H,24,25,26). The normalized spacial score (nSPS) is 20.5. The summed E-state index contributed by atoms with van der Waals surface area (Å²) in [4.78, 5) is 13.8. The maximum absolute atomic E-state index is 6.32. The summed E-state index contributed by atoms with van der Waals surface area (Å²) in [5.41, 5.74) is 3.17. The quantitative estimate of drug-likeness (QED) is 0.775. The minimum absolute atomic E-state index is 0.588. The van der Waals surface area contributed by atoms with Gasteiger partial charge in [-0.05, 0) is 63.5 Å². The van der Waals surface area contributed by atoms with Gasteiger partial charge >= 0.3 is 0 Å². The van der Waals surface area contributed by atoms with Crippen LogP contribution >= 0.6 is 11.6 Å². The number of halogens is 1. The molecule has 150 valence electrons. The van der Waals surface area contributed by atoms with Crippen molar-refractivity contribution >= 4 is 28.9 Å². The van der Waals surface area contributed by atoms with Crippen molar-refractivity contribution in [2.75, 3.05) is 50.0 Å². The molecule has 0 aliphatic carbocycles. The predicted octanol–water partition coefficient (Wildman–Crippen LogP) is 3.31. The van der Waals surface area contributed by atoms with E-state index >= 15 is 0 Å². The number of nitrogens with zero attached hydrogens (tertiary/aromatic N) is 4. The molecule has 2 aliphatic rings. The Hall–Kier alpha value is -1.89. The Morgan fingerprint density at radius 2 is 1.96 bits per heavy atom. The summed E-state index contributed by atoms with van der Waals surface area (Å²) >= 11 is 6.32. The molecule has 2 saturated heterocycles. The van der Waals surface area contributed by atoms with Gasteiger partial charge in [-0.1, -0.05) is 11.6 Å². The number of anilines is 3. The van der Waals surface area contributed by atoms with Gasteiger partial charge in [0.05, 0.1) is 16.9 Å². The molecular weight excluding hydrogens is 372 g/mol. The first-order valence-corrected chi connectivity index (χ1v) is 10.6. The molecule has 2 aliphatic heterocycles. The molecule has 0 bridgehead atoms. The van der Waals surface area contributed by atoms with E-state index in [0.29, 0.717) is 17.0 Å². The van der Waals surface area contributed by atoms with Gasteiger partial charge in [-0.15, -0.1) is 0 Å². The Labute approximate surface area is 172 Å². The molecule has 0 spiro atoms. The number of benzene rings is 1. The summed E-state index contributed by atoms with van der Waals surface area (Å²) in [5.74, 6) is 0.603. The summed E-state index contributed by atoms with van der Waals surface area (Å²) in [7, 11) is 2.18. The molecule has 1 aromatic heterocycles. The largest absolute Gasteiger partial charge is 0.369 e. The molecule has 7 heteroatoms.